The Labute approximate surface area is 213 Å². The van der Waals surface area contributed by atoms with E-state index in [1.165, 1.54) is 11.1 Å². The smallest absolute Gasteiger partial charge is 0.270 e. The molecule has 2 amide bonds. The second kappa shape index (κ2) is 9.50. The van der Waals surface area contributed by atoms with Gasteiger partial charge in [0, 0.05) is 19.8 Å². The van der Waals surface area contributed by atoms with Crippen LogP contribution >= 0.6 is 0 Å². The van der Waals surface area contributed by atoms with Gasteiger partial charge in [-0.15, -0.1) is 0 Å². The van der Waals surface area contributed by atoms with E-state index in [-0.39, 0.29) is 28.7 Å². The lowest BCUT2D eigenvalue weighted by molar-refractivity contribution is -0.121. The van der Waals surface area contributed by atoms with E-state index in [0.717, 1.165) is 38.0 Å². The van der Waals surface area contributed by atoms with Crippen LogP contribution in [0, 0.1) is 17.3 Å². The van der Waals surface area contributed by atoms with Gasteiger partial charge in [-0.1, -0.05) is 26.2 Å². The maximum Gasteiger partial charge on any atom is 0.270 e. The quantitative estimate of drug-likeness (QED) is 0.583. The highest BCUT2D eigenvalue weighted by molar-refractivity contribution is 6.00. The normalized spacial score (nSPS) is 22.3. The van der Waals surface area contributed by atoms with Crippen molar-refractivity contribution in [3.63, 3.8) is 0 Å². The molecule has 0 bridgehead atoms. The summed E-state index contributed by atoms with van der Waals surface area (Å²) in [4.78, 5) is 33.8. The molecule has 3 heterocycles. The van der Waals surface area contributed by atoms with Crippen molar-refractivity contribution < 1.29 is 14.3 Å². The fourth-order valence-corrected chi connectivity index (χ4v) is 5.83. The Morgan fingerprint density at radius 2 is 1.94 bits per heavy atom. The van der Waals surface area contributed by atoms with Crippen LogP contribution in [0.3, 0.4) is 0 Å². The van der Waals surface area contributed by atoms with E-state index in [4.69, 9.17) is 4.74 Å². The van der Waals surface area contributed by atoms with Gasteiger partial charge in [0.05, 0.1) is 30.6 Å². The molecule has 5 rings (SSSR count). The van der Waals surface area contributed by atoms with Crippen LogP contribution in [-0.2, 0) is 16.6 Å². The van der Waals surface area contributed by atoms with Crippen LogP contribution in [-0.4, -0.2) is 57.9 Å². The monoisotopic (exact) mass is 494 g/mol. The van der Waals surface area contributed by atoms with Gasteiger partial charge in [0.1, 0.15) is 17.6 Å². The number of morpholine rings is 1. The van der Waals surface area contributed by atoms with Crippen molar-refractivity contribution in [3.05, 3.63) is 36.3 Å². The van der Waals surface area contributed by atoms with Crippen LogP contribution < -0.4 is 15.5 Å². The molecule has 9 nitrogen and oxygen atoms in total. The average molecular weight is 495 g/mol. The topological polar surface area (TPSA) is 101 Å². The summed E-state index contributed by atoms with van der Waals surface area (Å²) in [6.45, 7) is 8.62. The molecule has 2 aromatic rings. The summed E-state index contributed by atoms with van der Waals surface area (Å²) in [6.07, 6.45) is 8.88. The number of nitrogens with one attached hydrogen (secondary N) is 2. The number of amides is 2. The lowest BCUT2D eigenvalue weighted by Gasteiger charge is -2.43. The van der Waals surface area contributed by atoms with Crippen molar-refractivity contribution in [2.75, 3.05) is 30.0 Å². The summed E-state index contributed by atoms with van der Waals surface area (Å²) >= 11 is 0. The number of carbonyl (C=O) groups is 2. The molecule has 0 radical (unpaired) electrons. The van der Waals surface area contributed by atoms with E-state index in [0.29, 0.717) is 30.5 Å². The van der Waals surface area contributed by atoms with E-state index >= 15 is 0 Å². The lowest BCUT2D eigenvalue weighted by atomic mass is 9.66. The molecule has 0 spiro atoms. The Morgan fingerprint density at radius 3 is 2.50 bits per heavy atom. The van der Waals surface area contributed by atoms with E-state index in [1.54, 1.807) is 25.5 Å². The lowest BCUT2D eigenvalue weighted by Crippen LogP contribution is -2.54. The number of carbonyl (C=O) groups excluding carboxylic acids is 2. The third-order valence-electron chi connectivity index (χ3n) is 8.42. The Balaban J connectivity index is 1.36. The Bertz CT molecular complexity index is 1100. The molecule has 2 aromatic heterocycles. The van der Waals surface area contributed by atoms with E-state index < -0.39 is 6.04 Å². The number of ether oxygens (including phenoxy) is 1. The van der Waals surface area contributed by atoms with Crippen molar-refractivity contribution in [2.45, 2.75) is 64.5 Å². The fraction of sp³-hybridized carbons (Fsp3) is 0.630. The molecular formula is C27H38N6O3. The van der Waals surface area contributed by atoms with Gasteiger partial charge in [-0.2, -0.15) is 5.10 Å². The summed E-state index contributed by atoms with van der Waals surface area (Å²) in [5.74, 6) is 0.956. The predicted molar refractivity (Wildman–Crippen MR) is 138 cm³/mol. The molecule has 36 heavy (non-hydrogen) atoms. The molecule has 9 heteroatoms. The summed E-state index contributed by atoms with van der Waals surface area (Å²) in [6, 6.07) is 4.89. The minimum Gasteiger partial charge on any atom is -0.377 e. The summed E-state index contributed by atoms with van der Waals surface area (Å²) in [5, 5.41) is 10.3. The first-order valence-corrected chi connectivity index (χ1v) is 13.1. The SMILES string of the molecule is Cn1nccc1C(=O)N[C@H](C(=O)Nc1ccc(N2CCOCC2(C)C)nc1)C(C1CCC1)C1(C)CC1. The maximum atomic E-state index is 13.7. The number of hydrogen-bond donors (Lipinski definition) is 2. The highest BCUT2D eigenvalue weighted by atomic mass is 16.5. The molecular weight excluding hydrogens is 456 g/mol. The van der Waals surface area contributed by atoms with Gasteiger partial charge in [0.15, 0.2) is 0 Å². The summed E-state index contributed by atoms with van der Waals surface area (Å²) in [7, 11) is 1.73. The standard InChI is InChI=1S/C27H38N6O3/c1-26(2)17-36-15-14-33(26)21-9-8-19(16-28-21)30-25(35)23(31-24(34)20-10-13-29-32(20)4)22(18-6-5-7-18)27(3)11-12-27/h8-10,13,16,18,22-23H,5-7,11-12,14-15,17H2,1-4H3,(H,30,35)(H,31,34)/t22?,23-/m0/s1. The van der Waals surface area contributed by atoms with Crippen LogP contribution in [0.25, 0.3) is 0 Å². The number of rotatable bonds is 8. The molecule has 2 N–H and O–H groups in total. The van der Waals surface area contributed by atoms with Crippen molar-refractivity contribution >= 4 is 23.3 Å². The molecule has 2 aliphatic carbocycles. The second-order valence-electron chi connectivity index (χ2n) is 11.6. The van der Waals surface area contributed by atoms with E-state index in [9.17, 15) is 9.59 Å². The van der Waals surface area contributed by atoms with Crippen LogP contribution in [0.5, 0.6) is 0 Å². The molecule has 2 atom stereocenters. The molecule has 3 aliphatic rings. The number of hydrogen-bond acceptors (Lipinski definition) is 6. The molecule has 1 unspecified atom stereocenters. The van der Waals surface area contributed by atoms with Crippen LogP contribution in [0.15, 0.2) is 30.6 Å². The van der Waals surface area contributed by atoms with Gasteiger partial charge in [-0.05, 0) is 62.1 Å². The van der Waals surface area contributed by atoms with Gasteiger partial charge >= 0.3 is 0 Å². The van der Waals surface area contributed by atoms with Gasteiger partial charge in [0.2, 0.25) is 5.91 Å². The van der Waals surface area contributed by atoms with Crippen LogP contribution in [0.1, 0.15) is 63.4 Å². The van der Waals surface area contributed by atoms with Crippen molar-refractivity contribution in [1.29, 1.82) is 0 Å². The zero-order valence-corrected chi connectivity index (χ0v) is 21.8. The fourth-order valence-electron chi connectivity index (χ4n) is 5.83. The van der Waals surface area contributed by atoms with Crippen molar-refractivity contribution in [1.82, 2.24) is 20.1 Å². The Morgan fingerprint density at radius 1 is 1.17 bits per heavy atom. The third-order valence-corrected chi connectivity index (χ3v) is 8.42. The van der Waals surface area contributed by atoms with Crippen LogP contribution in [0.2, 0.25) is 0 Å². The second-order valence-corrected chi connectivity index (χ2v) is 11.6. The molecule has 194 valence electrons. The zero-order valence-electron chi connectivity index (χ0n) is 21.8. The first-order chi connectivity index (χ1) is 17.2. The van der Waals surface area contributed by atoms with Gasteiger partial charge in [-0.25, -0.2) is 4.98 Å². The number of pyridine rings is 1. The predicted octanol–water partition coefficient (Wildman–Crippen LogP) is 3.38. The van der Waals surface area contributed by atoms with E-state index in [2.05, 4.69) is 46.4 Å². The zero-order chi connectivity index (χ0) is 25.5. The largest absolute Gasteiger partial charge is 0.377 e. The third kappa shape index (κ3) is 4.85. The number of nitrogens with zero attached hydrogens (tertiary/aromatic N) is 4. The molecule has 1 saturated heterocycles. The van der Waals surface area contributed by atoms with Gasteiger partial charge in [0.25, 0.3) is 5.91 Å². The molecule has 2 saturated carbocycles. The van der Waals surface area contributed by atoms with E-state index in [1.807, 2.05) is 12.1 Å². The van der Waals surface area contributed by atoms with Crippen molar-refractivity contribution in [3.8, 4) is 0 Å². The summed E-state index contributed by atoms with van der Waals surface area (Å²) < 4.78 is 7.17. The molecule has 0 aromatic carbocycles. The Hall–Kier alpha value is -2.94. The molecule has 3 fully saturated rings. The van der Waals surface area contributed by atoms with Crippen molar-refractivity contribution in [2.24, 2.45) is 24.3 Å². The van der Waals surface area contributed by atoms with Gasteiger partial charge < -0.3 is 20.3 Å². The summed E-state index contributed by atoms with van der Waals surface area (Å²) in [5.41, 5.74) is 1.01. The number of aromatic nitrogens is 3. The minimum absolute atomic E-state index is 0.0802. The minimum atomic E-state index is -0.622. The first-order valence-electron chi connectivity index (χ1n) is 13.1. The first kappa shape index (κ1) is 24.7. The average Bonchev–Trinajstić information content (AvgIpc) is 3.40. The van der Waals surface area contributed by atoms with Crippen LogP contribution in [0.4, 0.5) is 11.5 Å². The number of aryl methyl sites for hydroxylation is 1. The highest BCUT2D eigenvalue weighted by Gasteiger charge is 2.54. The molecule has 1 aliphatic heterocycles. The number of anilines is 2. The van der Waals surface area contributed by atoms with Gasteiger partial charge in [-0.3, -0.25) is 14.3 Å². The Kier molecular flexibility index (Phi) is 6.53. The highest BCUT2D eigenvalue weighted by Crippen LogP contribution is 2.58. The maximum absolute atomic E-state index is 13.7.